The van der Waals surface area contributed by atoms with E-state index >= 15 is 0 Å². The molecule has 0 spiro atoms. The summed E-state index contributed by atoms with van der Waals surface area (Å²) >= 11 is 0. The van der Waals surface area contributed by atoms with Crippen molar-refractivity contribution in [3.8, 4) is 0 Å². The van der Waals surface area contributed by atoms with E-state index in [1.807, 2.05) is 36.5 Å². The van der Waals surface area contributed by atoms with Gasteiger partial charge in [-0.15, -0.1) is 0 Å². The van der Waals surface area contributed by atoms with Crippen LogP contribution >= 0.6 is 0 Å². The highest BCUT2D eigenvalue weighted by atomic mass is 16.5. The molecule has 1 aliphatic heterocycles. The molecule has 7 heteroatoms. The third-order valence-corrected chi connectivity index (χ3v) is 4.54. The van der Waals surface area contributed by atoms with Crippen LogP contribution in [-0.4, -0.2) is 47.3 Å². The van der Waals surface area contributed by atoms with Gasteiger partial charge in [-0.05, 0) is 18.2 Å². The highest BCUT2D eigenvalue weighted by Crippen LogP contribution is 2.26. The van der Waals surface area contributed by atoms with Crippen LogP contribution in [-0.2, 0) is 4.74 Å². The highest BCUT2D eigenvalue weighted by molar-refractivity contribution is 5.91. The number of ether oxygens (including phenoxy) is 1. The van der Waals surface area contributed by atoms with Crippen molar-refractivity contribution in [1.29, 1.82) is 0 Å². The molecule has 3 N–H and O–H groups in total. The van der Waals surface area contributed by atoms with Crippen molar-refractivity contribution in [2.75, 3.05) is 36.1 Å². The number of fused-ring (bicyclic) bond motifs is 1. The molecule has 0 amide bonds. The maximum atomic E-state index is 5.71. The van der Waals surface area contributed by atoms with Crippen LogP contribution in [0, 0.1) is 0 Å². The van der Waals surface area contributed by atoms with Crippen molar-refractivity contribution in [2.24, 2.45) is 0 Å². The van der Waals surface area contributed by atoms with E-state index in [9.17, 15) is 0 Å². The molecule has 1 aromatic carbocycles. The molecule has 1 aliphatic rings. The number of nitrogen functional groups attached to an aromatic ring is 1. The minimum Gasteiger partial charge on any atom is -0.377 e. The van der Waals surface area contributed by atoms with Gasteiger partial charge < -0.3 is 20.7 Å². The molecule has 0 bridgehead atoms. The van der Waals surface area contributed by atoms with Crippen LogP contribution in [0.1, 0.15) is 0 Å². The molecule has 0 aliphatic carbocycles. The second-order valence-corrected chi connectivity index (χ2v) is 6.08. The minimum absolute atomic E-state index is 0.0446. The Morgan fingerprint density at radius 1 is 1.12 bits per heavy atom. The van der Waals surface area contributed by atoms with Gasteiger partial charge in [0.15, 0.2) is 0 Å². The molecule has 4 rings (SSSR count). The third kappa shape index (κ3) is 3.06. The fourth-order valence-electron chi connectivity index (χ4n) is 3.30. The number of nitrogens with one attached hydrogen (secondary N) is 1. The first kappa shape index (κ1) is 15.6. The van der Waals surface area contributed by atoms with Crippen LogP contribution in [0.15, 0.2) is 48.8 Å². The van der Waals surface area contributed by atoms with Gasteiger partial charge >= 0.3 is 0 Å². The first-order valence-corrected chi connectivity index (χ1v) is 8.21. The molecule has 2 aromatic heterocycles. The molecule has 128 valence electrons. The normalized spacial score (nSPS) is 20.1. The van der Waals surface area contributed by atoms with Crippen molar-refractivity contribution >= 4 is 28.4 Å². The van der Waals surface area contributed by atoms with Gasteiger partial charge in [0.2, 0.25) is 5.95 Å². The molecule has 3 aromatic rings. The minimum atomic E-state index is 0.0446. The van der Waals surface area contributed by atoms with Crippen molar-refractivity contribution < 1.29 is 4.74 Å². The topological polar surface area (TPSA) is 89.2 Å². The zero-order valence-corrected chi connectivity index (χ0v) is 14.0. The molecule has 7 nitrogen and oxygen atoms in total. The van der Waals surface area contributed by atoms with Crippen LogP contribution in [0.2, 0.25) is 0 Å². The number of rotatable bonds is 4. The van der Waals surface area contributed by atoms with Gasteiger partial charge in [0.05, 0.1) is 17.7 Å². The van der Waals surface area contributed by atoms with Crippen LogP contribution in [0.4, 0.5) is 17.5 Å². The van der Waals surface area contributed by atoms with Crippen LogP contribution in [0.3, 0.4) is 0 Å². The fourth-order valence-corrected chi connectivity index (χ4v) is 3.30. The number of benzene rings is 1. The monoisotopic (exact) mass is 336 g/mol. The van der Waals surface area contributed by atoms with E-state index in [-0.39, 0.29) is 18.1 Å². The molecule has 2 atom stereocenters. The summed E-state index contributed by atoms with van der Waals surface area (Å²) in [6.45, 7) is 1.51. The number of nitrogens with two attached hydrogens (primary N) is 1. The Hall–Kier alpha value is -2.93. The number of methoxy groups -OCH3 is 1. The largest absolute Gasteiger partial charge is 0.377 e. The summed E-state index contributed by atoms with van der Waals surface area (Å²) in [5.41, 5.74) is 7.74. The lowest BCUT2D eigenvalue weighted by atomic mass is 10.1. The van der Waals surface area contributed by atoms with Gasteiger partial charge in [-0.1, -0.05) is 18.2 Å². The van der Waals surface area contributed by atoms with E-state index in [2.05, 4.69) is 31.2 Å². The predicted molar refractivity (Wildman–Crippen MR) is 98.6 cm³/mol. The summed E-state index contributed by atoms with van der Waals surface area (Å²) in [6, 6.07) is 12.1. The molecular weight excluding hydrogens is 316 g/mol. The second kappa shape index (κ2) is 6.52. The Bertz CT molecular complexity index is 881. The third-order valence-electron chi connectivity index (χ3n) is 4.54. The van der Waals surface area contributed by atoms with E-state index in [1.165, 1.54) is 0 Å². The van der Waals surface area contributed by atoms with E-state index in [0.717, 1.165) is 35.5 Å². The van der Waals surface area contributed by atoms with Crippen LogP contribution in [0.25, 0.3) is 10.9 Å². The highest BCUT2D eigenvalue weighted by Gasteiger charge is 2.34. The maximum absolute atomic E-state index is 5.71. The van der Waals surface area contributed by atoms with Crippen LogP contribution in [0.5, 0.6) is 0 Å². The number of nitrogens with zero attached hydrogens (tertiary/aromatic N) is 4. The molecule has 3 heterocycles. The second-order valence-electron chi connectivity index (χ2n) is 6.08. The van der Waals surface area contributed by atoms with Gasteiger partial charge in [0, 0.05) is 43.7 Å². The van der Waals surface area contributed by atoms with E-state index in [0.29, 0.717) is 0 Å². The van der Waals surface area contributed by atoms with Gasteiger partial charge in [-0.2, -0.15) is 4.98 Å². The lowest BCUT2D eigenvalue weighted by Gasteiger charge is -2.20. The van der Waals surface area contributed by atoms with Crippen molar-refractivity contribution in [2.45, 2.75) is 12.1 Å². The average molecular weight is 336 g/mol. The molecule has 0 radical (unpaired) electrons. The Morgan fingerprint density at radius 2 is 1.96 bits per heavy atom. The van der Waals surface area contributed by atoms with Gasteiger partial charge in [-0.25, -0.2) is 4.98 Å². The number of hydrogen-bond acceptors (Lipinski definition) is 7. The molecule has 1 fully saturated rings. The first-order valence-electron chi connectivity index (χ1n) is 8.21. The molecule has 0 unspecified atom stereocenters. The summed E-state index contributed by atoms with van der Waals surface area (Å²) in [5.74, 6) is 1.10. The number of para-hydroxylation sites is 1. The van der Waals surface area contributed by atoms with E-state index in [1.54, 1.807) is 13.3 Å². The van der Waals surface area contributed by atoms with Gasteiger partial charge in [0.25, 0.3) is 0 Å². The predicted octanol–water partition coefficient (Wildman–Crippen LogP) is 1.92. The smallest absolute Gasteiger partial charge is 0.221 e. The molecule has 25 heavy (non-hydrogen) atoms. The maximum Gasteiger partial charge on any atom is 0.221 e. The lowest BCUT2D eigenvalue weighted by molar-refractivity contribution is 0.113. The summed E-state index contributed by atoms with van der Waals surface area (Å²) in [6.07, 6.45) is 3.55. The summed E-state index contributed by atoms with van der Waals surface area (Å²) < 4.78 is 5.70. The lowest BCUT2D eigenvalue weighted by Crippen LogP contribution is -2.33. The van der Waals surface area contributed by atoms with E-state index in [4.69, 9.17) is 10.5 Å². The van der Waals surface area contributed by atoms with Gasteiger partial charge in [-0.3, -0.25) is 4.98 Å². The first-order chi connectivity index (χ1) is 12.2. The summed E-state index contributed by atoms with van der Waals surface area (Å²) in [4.78, 5) is 14.8. The SMILES string of the molecule is CO[C@@H]1CN(c2ccnc(N)n2)C[C@@H]1Nc1ccnc2ccccc12. The number of hydrogen-bond donors (Lipinski definition) is 2. The summed E-state index contributed by atoms with van der Waals surface area (Å²) in [5, 5.41) is 4.72. The molecular formula is C18H20N6O. The van der Waals surface area contributed by atoms with Crippen molar-refractivity contribution in [1.82, 2.24) is 15.0 Å². The number of pyridine rings is 1. The molecule has 1 saturated heterocycles. The zero-order valence-electron chi connectivity index (χ0n) is 14.0. The standard InChI is InChI=1S/C18H20N6O/c1-25-16-11-24(17-7-9-21-18(19)23-17)10-15(16)22-14-6-8-20-13-5-3-2-4-12(13)14/h2-9,15-16H,10-11H2,1H3,(H,20,22)(H2,19,21,23)/t15-,16+/m0/s1. The Kier molecular flexibility index (Phi) is 4.07. The van der Waals surface area contributed by atoms with Crippen molar-refractivity contribution in [3.63, 3.8) is 0 Å². The Labute approximate surface area is 145 Å². The van der Waals surface area contributed by atoms with Gasteiger partial charge in [0.1, 0.15) is 5.82 Å². The quantitative estimate of drug-likeness (QED) is 0.752. The fraction of sp³-hybridized carbons (Fsp3) is 0.278. The van der Waals surface area contributed by atoms with E-state index < -0.39 is 0 Å². The van der Waals surface area contributed by atoms with Crippen molar-refractivity contribution in [3.05, 3.63) is 48.8 Å². The Balaban J connectivity index is 1.59. The summed E-state index contributed by atoms with van der Waals surface area (Å²) in [7, 11) is 1.74. The Morgan fingerprint density at radius 3 is 2.80 bits per heavy atom. The average Bonchev–Trinajstić information content (AvgIpc) is 3.05. The molecule has 0 saturated carbocycles. The van der Waals surface area contributed by atoms with Crippen LogP contribution < -0.4 is 16.0 Å². The zero-order chi connectivity index (χ0) is 17.2. The number of aromatic nitrogens is 3. The number of anilines is 3.